The second-order valence-corrected chi connectivity index (χ2v) is 4.74. The first-order valence-corrected chi connectivity index (χ1v) is 5.86. The van der Waals surface area contributed by atoms with E-state index in [0.29, 0.717) is 6.04 Å². The summed E-state index contributed by atoms with van der Waals surface area (Å²) in [6.07, 6.45) is 5.50. The highest BCUT2D eigenvalue weighted by atomic mass is 16.3. The molecule has 2 unspecified atom stereocenters. The van der Waals surface area contributed by atoms with E-state index in [4.69, 9.17) is 5.11 Å². The molecule has 0 aliphatic carbocycles. The fourth-order valence-electron chi connectivity index (χ4n) is 2.89. The second-order valence-electron chi connectivity index (χ2n) is 4.74. The average molecular weight is 198 g/mol. The highest BCUT2D eigenvalue weighted by Gasteiger charge is 2.34. The molecule has 0 bridgehead atoms. The first-order chi connectivity index (χ1) is 6.81. The van der Waals surface area contributed by atoms with Gasteiger partial charge >= 0.3 is 0 Å². The van der Waals surface area contributed by atoms with Gasteiger partial charge < -0.3 is 5.11 Å². The van der Waals surface area contributed by atoms with Crippen molar-refractivity contribution in [1.82, 2.24) is 9.80 Å². The van der Waals surface area contributed by atoms with Crippen LogP contribution < -0.4 is 0 Å². The van der Waals surface area contributed by atoms with Gasteiger partial charge in [-0.05, 0) is 32.9 Å². The quantitative estimate of drug-likeness (QED) is 0.717. The lowest BCUT2D eigenvalue weighted by Crippen LogP contribution is -2.37. The summed E-state index contributed by atoms with van der Waals surface area (Å²) in [6, 6.07) is 1.53. The maximum atomic E-state index is 8.90. The number of aliphatic hydroxyl groups excluding tert-OH is 1. The third-order valence-corrected chi connectivity index (χ3v) is 3.81. The van der Waals surface area contributed by atoms with Crippen molar-refractivity contribution >= 4 is 0 Å². The average Bonchev–Trinajstić information content (AvgIpc) is 2.61. The zero-order valence-corrected chi connectivity index (χ0v) is 9.15. The minimum atomic E-state index is 0.289. The van der Waals surface area contributed by atoms with E-state index in [1.165, 1.54) is 38.8 Å². The van der Waals surface area contributed by atoms with Crippen LogP contribution in [-0.2, 0) is 0 Å². The lowest BCUT2D eigenvalue weighted by molar-refractivity contribution is 0.171. The predicted molar refractivity (Wildman–Crippen MR) is 57.3 cm³/mol. The van der Waals surface area contributed by atoms with E-state index in [2.05, 4.69) is 16.8 Å². The molecule has 0 radical (unpaired) electrons. The van der Waals surface area contributed by atoms with Gasteiger partial charge in [-0.15, -0.1) is 0 Å². The van der Waals surface area contributed by atoms with Gasteiger partial charge in [-0.1, -0.05) is 6.42 Å². The maximum absolute atomic E-state index is 8.90. The van der Waals surface area contributed by atoms with Crippen LogP contribution in [-0.4, -0.2) is 60.3 Å². The van der Waals surface area contributed by atoms with Gasteiger partial charge in [0.25, 0.3) is 0 Å². The lowest BCUT2D eigenvalue weighted by Gasteiger charge is -2.28. The van der Waals surface area contributed by atoms with Crippen LogP contribution >= 0.6 is 0 Å². The molecule has 3 heteroatoms. The number of hydrogen-bond donors (Lipinski definition) is 1. The van der Waals surface area contributed by atoms with Crippen molar-refractivity contribution < 1.29 is 5.11 Å². The molecule has 0 aromatic rings. The van der Waals surface area contributed by atoms with E-state index in [-0.39, 0.29) is 6.61 Å². The molecule has 1 N–H and O–H groups in total. The van der Waals surface area contributed by atoms with Crippen molar-refractivity contribution in [2.24, 2.45) is 0 Å². The van der Waals surface area contributed by atoms with E-state index < -0.39 is 0 Å². The molecule has 82 valence electrons. The van der Waals surface area contributed by atoms with Crippen molar-refractivity contribution in [3.05, 3.63) is 0 Å². The fraction of sp³-hybridized carbons (Fsp3) is 1.00. The van der Waals surface area contributed by atoms with Gasteiger partial charge in [-0.3, -0.25) is 9.80 Å². The van der Waals surface area contributed by atoms with Gasteiger partial charge in [0.05, 0.1) is 6.61 Å². The molecule has 2 atom stereocenters. The molecule has 2 aliphatic rings. The van der Waals surface area contributed by atoms with Crippen molar-refractivity contribution in [2.75, 3.05) is 33.3 Å². The van der Waals surface area contributed by atoms with E-state index in [1.54, 1.807) is 0 Å². The Labute approximate surface area is 86.7 Å². The largest absolute Gasteiger partial charge is 0.395 e. The molecule has 0 saturated carbocycles. The molecule has 2 heterocycles. The summed E-state index contributed by atoms with van der Waals surface area (Å²) < 4.78 is 0. The van der Waals surface area contributed by atoms with Crippen LogP contribution in [0.25, 0.3) is 0 Å². The summed E-state index contributed by atoms with van der Waals surface area (Å²) in [7, 11) is 2.14. The Morgan fingerprint density at radius 1 is 1.43 bits per heavy atom. The SMILES string of the molecule is CN(CCO)C1CC2CCCCN2C1. The summed E-state index contributed by atoms with van der Waals surface area (Å²) in [5.74, 6) is 0. The first kappa shape index (κ1) is 10.4. The van der Waals surface area contributed by atoms with Crippen molar-refractivity contribution in [3.63, 3.8) is 0 Å². The molecule has 0 spiro atoms. The van der Waals surface area contributed by atoms with E-state index in [1.807, 2.05) is 0 Å². The Bertz CT molecular complexity index is 172. The summed E-state index contributed by atoms with van der Waals surface area (Å²) in [6.45, 7) is 3.64. The summed E-state index contributed by atoms with van der Waals surface area (Å²) >= 11 is 0. The lowest BCUT2D eigenvalue weighted by atomic mass is 10.0. The molecule has 0 aromatic carbocycles. The number of nitrogens with zero attached hydrogens (tertiary/aromatic N) is 2. The molecule has 2 fully saturated rings. The van der Waals surface area contributed by atoms with E-state index >= 15 is 0 Å². The number of piperidine rings is 1. The van der Waals surface area contributed by atoms with E-state index in [0.717, 1.165) is 12.6 Å². The molecule has 2 rings (SSSR count). The third kappa shape index (κ3) is 2.10. The van der Waals surface area contributed by atoms with Crippen molar-refractivity contribution in [2.45, 2.75) is 37.8 Å². The molecule has 0 aromatic heterocycles. The van der Waals surface area contributed by atoms with Crippen molar-refractivity contribution in [3.8, 4) is 0 Å². The first-order valence-electron chi connectivity index (χ1n) is 5.86. The molecular weight excluding hydrogens is 176 g/mol. The summed E-state index contributed by atoms with van der Waals surface area (Å²) in [5, 5.41) is 8.90. The topological polar surface area (TPSA) is 26.7 Å². The minimum Gasteiger partial charge on any atom is -0.395 e. The van der Waals surface area contributed by atoms with Crippen LogP contribution in [0, 0.1) is 0 Å². The standard InChI is InChI=1S/C11H22N2O/c1-12(6-7-14)11-8-10-4-2-3-5-13(10)9-11/h10-11,14H,2-9H2,1H3. The van der Waals surface area contributed by atoms with Crippen LogP contribution in [0.2, 0.25) is 0 Å². The predicted octanol–water partition coefficient (Wildman–Crippen LogP) is 0.537. The molecule has 0 amide bonds. The van der Waals surface area contributed by atoms with E-state index in [9.17, 15) is 0 Å². The number of likely N-dealkylation sites (N-methyl/N-ethyl adjacent to an activating group) is 1. The summed E-state index contributed by atoms with van der Waals surface area (Å²) in [5.41, 5.74) is 0. The van der Waals surface area contributed by atoms with Gasteiger partial charge in [0, 0.05) is 25.2 Å². The Morgan fingerprint density at radius 2 is 2.29 bits per heavy atom. The van der Waals surface area contributed by atoms with Crippen LogP contribution in [0.5, 0.6) is 0 Å². The van der Waals surface area contributed by atoms with Crippen molar-refractivity contribution in [1.29, 1.82) is 0 Å². The molecule has 2 saturated heterocycles. The fourth-order valence-corrected chi connectivity index (χ4v) is 2.89. The Kier molecular flexibility index (Phi) is 3.42. The minimum absolute atomic E-state index is 0.289. The van der Waals surface area contributed by atoms with Gasteiger partial charge in [0.15, 0.2) is 0 Å². The number of rotatable bonds is 3. The van der Waals surface area contributed by atoms with Gasteiger partial charge in [0.2, 0.25) is 0 Å². The highest BCUT2D eigenvalue weighted by molar-refractivity contribution is 4.91. The van der Waals surface area contributed by atoms with Crippen LogP contribution in [0.1, 0.15) is 25.7 Å². The van der Waals surface area contributed by atoms with Crippen LogP contribution in [0.4, 0.5) is 0 Å². The number of aliphatic hydroxyl groups is 1. The Hall–Kier alpha value is -0.120. The zero-order valence-electron chi connectivity index (χ0n) is 9.15. The highest BCUT2D eigenvalue weighted by Crippen LogP contribution is 2.28. The monoisotopic (exact) mass is 198 g/mol. The Morgan fingerprint density at radius 3 is 3.00 bits per heavy atom. The third-order valence-electron chi connectivity index (χ3n) is 3.81. The van der Waals surface area contributed by atoms with Crippen LogP contribution in [0.15, 0.2) is 0 Å². The zero-order chi connectivity index (χ0) is 9.97. The van der Waals surface area contributed by atoms with Gasteiger partial charge in [-0.25, -0.2) is 0 Å². The molecular formula is C11H22N2O. The maximum Gasteiger partial charge on any atom is 0.0558 e. The smallest absolute Gasteiger partial charge is 0.0558 e. The second kappa shape index (κ2) is 4.60. The molecule has 2 aliphatic heterocycles. The summed E-state index contributed by atoms with van der Waals surface area (Å²) in [4.78, 5) is 4.96. The molecule has 3 nitrogen and oxygen atoms in total. The molecule has 14 heavy (non-hydrogen) atoms. The van der Waals surface area contributed by atoms with Gasteiger partial charge in [0.1, 0.15) is 0 Å². The van der Waals surface area contributed by atoms with Gasteiger partial charge in [-0.2, -0.15) is 0 Å². The Balaban J connectivity index is 1.86. The number of fused-ring (bicyclic) bond motifs is 1. The van der Waals surface area contributed by atoms with Crippen LogP contribution in [0.3, 0.4) is 0 Å². The normalized spacial score (nSPS) is 33.6. The number of hydrogen-bond acceptors (Lipinski definition) is 3.